The highest BCUT2D eigenvalue weighted by Gasteiger charge is 2.35. The van der Waals surface area contributed by atoms with E-state index in [-0.39, 0.29) is 0 Å². The summed E-state index contributed by atoms with van der Waals surface area (Å²) in [6, 6.07) is 71.1. The van der Waals surface area contributed by atoms with E-state index in [1.807, 2.05) is 60.7 Å². The maximum absolute atomic E-state index is 4.96. The van der Waals surface area contributed by atoms with Gasteiger partial charge in [-0.2, -0.15) is 0 Å². The van der Waals surface area contributed by atoms with Crippen LogP contribution in [0, 0.1) is 0 Å². The molecule has 5 nitrogen and oxygen atoms in total. The molecule has 1 aliphatic heterocycles. The second-order valence-corrected chi connectivity index (χ2v) is 16.0. The van der Waals surface area contributed by atoms with Gasteiger partial charge in [-0.3, -0.25) is 0 Å². The number of para-hydroxylation sites is 2. The summed E-state index contributed by atoms with van der Waals surface area (Å²) in [5.74, 6) is 2.27. The lowest BCUT2D eigenvalue weighted by molar-refractivity contribution is 0.819. The molecule has 2 aliphatic rings. The lowest BCUT2D eigenvalue weighted by atomic mass is 9.91. The summed E-state index contributed by atoms with van der Waals surface area (Å²) in [7, 11) is 0. The molecular formula is C57H39N5. The van der Waals surface area contributed by atoms with Crippen LogP contribution in [-0.2, 0) is 0 Å². The molecule has 1 atom stereocenters. The smallest absolute Gasteiger partial charge is 0.164 e. The highest BCUT2D eigenvalue weighted by molar-refractivity contribution is 6.10. The number of nitrogens with zero attached hydrogens (tertiary/aromatic N) is 5. The van der Waals surface area contributed by atoms with Crippen molar-refractivity contribution >= 4 is 33.2 Å². The topological polar surface area (TPSA) is 46.8 Å². The Morgan fingerprint density at radius 3 is 1.60 bits per heavy atom. The Balaban J connectivity index is 0.884. The number of benzene rings is 8. The van der Waals surface area contributed by atoms with Crippen LogP contribution in [0.5, 0.6) is 0 Å². The van der Waals surface area contributed by atoms with Crippen LogP contribution >= 0.6 is 0 Å². The molecule has 3 heterocycles. The SMILES string of the molecule is C1=CCC2C(=C1)N(c1ccc(-c3ccc4c5ccccc5n(-c5ccccc5)c4c3)cc1)c1cc(-c3ccc(-c4nc(-c5ccccc5)nc(-c5ccccc5)n4)cc3)ccc12. The molecule has 0 fully saturated rings. The molecule has 12 rings (SSSR count). The molecule has 5 heteroatoms. The first-order valence-corrected chi connectivity index (χ1v) is 21.2. The molecule has 1 unspecified atom stereocenters. The first kappa shape index (κ1) is 35.8. The van der Waals surface area contributed by atoms with Crippen molar-refractivity contribution in [3.63, 3.8) is 0 Å². The van der Waals surface area contributed by atoms with Crippen molar-refractivity contribution in [1.82, 2.24) is 19.5 Å². The predicted octanol–water partition coefficient (Wildman–Crippen LogP) is 14.4. The molecule has 0 bridgehead atoms. The molecule has 0 spiro atoms. The molecule has 0 N–H and O–H groups in total. The minimum atomic E-state index is 0.315. The van der Waals surface area contributed by atoms with E-state index >= 15 is 0 Å². The average molecular weight is 794 g/mol. The third-order valence-electron chi connectivity index (χ3n) is 12.4. The van der Waals surface area contributed by atoms with Gasteiger partial charge in [0, 0.05) is 50.5 Å². The molecule has 0 amide bonds. The number of aromatic nitrogens is 4. The summed E-state index contributed by atoms with van der Waals surface area (Å²) in [5, 5.41) is 2.52. The Morgan fingerprint density at radius 2 is 0.919 bits per heavy atom. The fraction of sp³-hybridized carbons (Fsp3) is 0.0351. The molecule has 0 radical (unpaired) electrons. The van der Waals surface area contributed by atoms with Crippen molar-refractivity contribution < 1.29 is 0 Å². The quantitative estimate of drug-likeness (QED) is 0.161. The Labute approximate surface area is 360 Å². The van der Waals surface area contributed by atoms with Crippen LogP contribution in [0.2, 0.25) is 0 Å². The van der Waals surface area contributed by atoms with E-state index in [1.54, 1.807) is 0 Å². The van der Waals surface area contributed by atoms with E-state index in [1.165, 1.54) is 49.9 Å². The summed E-state index contributed by atoms with van der Waals surface area (Å²) < 4.78 is 2.38. The zero-order valence-electron chi connectivity index (χ0n) is 33.8. The minimum absolute atomic E-state index is 0.315. The minimum Gasteiger partial charge on any atom is -0.313 e. The molecule has 0 saturated carbocycles. The van der Waals surface area contributed by atoms with Crippen molar-refractivity contribution in [3.8, 4) is 62.1 Å². The van der Waals surface area contributed by atoms with Crippen LogP contribution in [0.15, 0.2) is 224 Å². The Kier molecular flexibility index (Phi) is 8.56. The van der Waals surface area contributed by atoms with Crippen LogP contribution in [0.4, 0.5) is 11.4 Å². The van der Waals surface area contributed by atoms with E-state index in [2.05, 4.69) is 167 Å². The summed E-state index contributed by atoms with van der Waals surface area (Å²) in [5.41, 5.74) is 16.2. The largest absolute Gasteiger partial charge is 0.313 e. The van der Waals surface area contributed by atoms with Gasteiger partial charge in [0.1, 0.15) is 0 Å². The Morgan fingerprint density at radius 1 is 0.403 bits per heavy atom. The molecular weight excluding hydrogens is 755 g/mol. The number of rotatable bonds is 7. The monoisotopic (exact) mass is 793 g/mol. The second-order valence-electron chi connectivity index (χ2n) is 16.0. The first-order valence-electron chi connectivity index (χ1n) is 21.2. The predicted molar refractivity (Wildman–Crippen MR) is 255 cm³/mol. The van der Waals surface area contributed by atoms with Crippen LogP contribution < -0.4 is 4.90 Å². The molecule has 62 heavy (non-hydrogen) atoms. The maximum Gasteiger partial charge on any atom is 0.164 e. The van der Waals surface area contributed by atoms with Crippen molar-refractivity contribution in [1.29, 1.82) is 0 Å². The van der Waals surface area contributed by atoms with Crippen LogP contribution in [0.25, 0.3) is 83.9 Å². The third-order valence-corrected chi connectivity index (χ3v) is 12.4. The zero-order valence-corrected chi connectivity index (χ0v) is 33.8. The first-order chi connectivity index (χ1) is 30.7. The van der Waals surface area contributed by atoms with Crippen LogP contribution in [0.1, 0.15) is 17.9 Å². The molecule has 0 saturated heterocycles. The van der Waals surface area contributed by atoms with Gasteiger partial charge in [-0.05, 0) is 82.8 Å². The van der Waals surface area contributed by atoms with Gasteiger partial charge >= 0.3 is 0 Å². The van der Waals surface area contributed by atoms with E-state index < -0.39 is 0 Å². The molecule has 292 valence electrons. The standard InChI is InChI=1S/C57H39N5/c1-4-14-40(15-5-1)55-58-56(41-16-6-2-7-17-41)60-57(59-55)42-26-24-38(25-27-42)43-30-34-50-48-21-11-13-23-52(48)62(54(50)36-43)46-32-28-39(29-33-46)44-31-35-49-47-20-10-12-22-51(47)61(53(49)37-44)45-18-8-3-9-19-45/h1-20,22-37,48H,21H2. The highest BCUT2D eigenvalue weighted by atomic mass is 15.2. The number of hydrogen-bond donors (Lipinski definition) is 0. The van der Waals surface area contributed by atoms with Gasteiger partial charge in [0.05, 0.1) is 16.7 Å². The molecule has 2 aromatic heterocycles. The Hall–Kier alpha value is -8.15. The third kappa shape index (κ3) is 6.13. The summed E-state index contributed by atoms with van der Waals surface area (Å²) in [6.45, 7) is 0. The second kappa shape index (κ2) is 14.8. The fourth-order valence-corrected chi connectivity index (χ4v) is 9.33. The van der Waals surface area contributed by atoms with Crippen molar-refractivity contribution in [2.45, 2.75) is 12.3 Å². The normalized spacial score (nSPS) is 14.2. The summed E-state index contributed by atoms with van der Waals surface area (Å²) in [6.07, 6.45) is 7.76. The van der Waals surface area contributed by atoms with E-state index in [4.69, 9.17) is 15.0 Å². The number of allylic oxidation sites excluding steroid dienone is 4. The van der Waals surface area contributed by atoms with Gasteiger partial charge in [-0.1, -0.05) is 170 Å². The van der Waals surface area contributed by atoms with E-state index in [9.17, 15) is 0 Å². The van der Waals surface area contributed by atoms with Gasteiger partial charge in [0.2, 0.25) is 0 Å². The van der Waals surface area contributed by atoms with Gasteiger partial charge in [0.25, 0.3) is 0 Å². The lowest BCUT2D eigenvalue weighted by Crippen LogP contribution is -2.14. The van der Waals surface area contributed by atoms with Crippen molar-refractivity contribution in [3.05, 3.63) is 230 Å². The number of hydrogen-bond acceptors (Lipinski definition) is 4. The van der Waals surface area contributed by atoms with E-state index in [0.717, 1.165) is 45.6 Å². The lowest BCUT2D eigenvalue weighted by Gasteiger charge is -2.25. The van der Waals surface area contributed by atoms with Crippen molar-refractivity contribution in [2.75, 3.05) is 4.90 Å². The number of anilines is 2. The molecule has 10 aromatic rings. The zero-order chi connectivity index (χ0) is 41.0. The fourth-order valence-electron chi connectivity index (χ4n) is 9.33. The van der Waals surface area contributed by atoms with E-state index in [0.29, 0.717) is 23.4 Å². The van der Waals surface area contributed by atoms with Crippen LogP contribution in [-0.4, -0.2) is 19.5 Å². The maximum atomic E-state index is 4.96. The van der Waals surface area contributed by atoms with Gasteiger partial charge in [-0.15, -0.1) is 0 Å². The molecule has 8 aromatic carbocycles. The van der Waals surface area contributed by atoms with Crippen molar-refractivity contribution in [2.24, 2.45) is 0 Å². The van der Waals surface area contributed by atoms with Crippen LogP contribution in [0.3, 0.4) is 0 Å². The highest BCUT2D eigenvalue weighted by Crippen LogP contribution is 2.52. The Bertz CT molecular complexity index is 3290. The number of fused-ring (bicyclic) bond motifs is 6. The van der Waals surface area contributed by atoms with Gasteiger partial charge in [-0.25, -0.2) is 15.0 Å². The summed E-state index contributed by atoms with van der Waals surface area (Å²) in [4.78, 5) is 17.2. The van der Waals surface area contributed by atoms with Gasteiger partial charge < -0.3 is 9.47 Å². The summed E-state index contributed by atoms with van der Waals surface area (Å²) >= 11 is 0. The molecule has 1 aliphatic carbocycles. The van der Waals surface area contributed by atoms with Gasteiger partial charge in [0.15, 0.2) is 17.5 Å². The average Bonchev–Trinajstić information content (AvgIpc) is 3.87.